The number of aliphatic imine (C=N–C) groups is 1. The highest BCUT2D eigenvalue weighted by atomic mass is 35.5. The van der Waals surface area contributed by atoms with Crippen molar-refractivity contribution in [3.8, 4) is 0 Å². The number of aryl methyl sites for hydroxylation is 1. The number of aromatic nitrogens is 2. The van der Waals surface area contributed by atoms with Gasteiger partial charge in [0.15, 0.2) is 0 Å². The monoisotopic (exact) mass is 770 g/mol. The van der Waals surface area contributed by atoms with Gasteiger partial charge in [0.1, 0.15) is 24.5 Å². The molecule has 0 radical (unpaired) electrons. The number of carbonyl (C=O) groups is 1. The summed E-state index contributed by atoms with van der Waals surface area (Å²) in [5, 5.41) is 6.53. The number of nitrogens with zero attached hydrogens (tertiary/aromatic N) is 4. The van der Waals surface area contributed by atoms with E-state index in [1.54, 1.807) is 36.4 Å². The molecule has 6 rings (SSSR count). The van der Waals surface area contributed by atoms with Crippen molar-refractivity contribution < 1.29 is 18.7 Å². The van der Waals surface area contributed by atoms with Gasteiger partial charge in [-0.3, -0.25) is 9.69 Å². The maximum absolute atomic E-state index is 13.9. The van der Waals surface area contributed by atoms with Crippen LogP contribution in [0.4, 0.5) is 15.8 Å². The molecule has 9 nitrogen and oxygen atoms in total. The van der Waals surface area contributed by atoms with Crippen LogP contribution >= 0.6 is 11.6 Å². The summed E-state index contributed by atoms with van der Waals surface area (Å²) in [4.78, 5) is 21.6. The van der Waals surface area contributed by atoms with Crippen LogP contribution in [-0.2, 0) is 29.7 Å². The second-order valence-electron chi connectivity index (χ2n) is 12.8. The van der Waals surface area contributed by atoms with E-state index in [1.165, 1.54) is 24.5 Å². The Morgan fingerprint density at radius 3 is 2.44 bits per heavy atom. The Labute approximate surface area is 331 Å². The third kappa shape index (κ3) is 14.6. The summed E-state index contributed by atoms with van der Waals surface area (Å²) in [5.41, 5.74) is 7.64. The minimum atomic E-state index is -0.404. The van der Waals surface area contributed by atoms with Crippen molar-refractivity contribution in [2.24, 2.45) is 12.0 Å². The molecule has 1 fully saturated rings. The van der Waals surface area contributed by atoms with Crippen LogP contribution in [0.25, 0.3) is 17.1 Å². The largest absolute Gasteiger partial charge is 0.473 e. The number of nitrogens with one attached hydrogen (secondary N) is 2. The molecule has 1 saturated heterocycles. The van der Waals surface area contributed by atoms with Crippen molar-refractivity contribution in [2.45, 2.75) is 52.7 Å². The lowest BCUT2D eigenvalue weighted by Crippen LogP contribution is -2.29. The normalized spacial score (nSPS) is 13.8. The molecule has 2 aliphatic heterocycles. The zero-order valence-corrected chi connectivity index (χ0v) is 33.7. The Morgan fingerprint density at radius 2 is 1.85 bits per heavy atom. The quantitative estimate of drug-likeness (QED) is 0.0460. The van der Waals surface area contributed by atoms with E-state index in [2.05, 4.69) is 89.6 Å². The molecular formula is C44H56ClFN6O3. The third-order valence-corrected chi connectivity index (χ3v) is 8.83. The molecule has 11 heteroatoms. The smallest absolute Gasteiger partial charge is 0.212 e. The van der Waals surface area contributed by atoms with Gasteiger partial charge in [0.25, 0.3) is 0 Å². The van der Waals surface area contributed by atoms with Crippen LogP contribution in [-0.4, -0.2) is 67.9 Å². The summed E-state index contributed by atoms with van der Waals surface area (Å²) in [6.45, 7) is 16.2. The first-order valence-corrected chi connectivity index (χ1v) is 19.0. The minimum absolute atomic E-state index is 0.0604. The van der Waals surface area contributed by atoms with E-state index in [9.17, 15) is 9.18 Å². The lowest BCUT2D eigenvalue weighted by molar-refractivity contribution is 0.0367. The Kier molecular flexibility index (Phi) is 19.7. The maximum atomic E-state index is 13.9. The van der Waals surface area contributed by atoms with Crippen molar-refractivity contribution in [3.63, 3.8) is 0 Å². The predicted molar refractivity (Wildman–Crippen MR) is 229 cm³/mol. The predicted octanol–water partition coefficient (Wildman–Crippen LogP) is 10.3. The second-order valence-corrected chi connectivity index (χ2v) is 13.2. The van der Waals surface area contributed by atoms with Gasteiger partial charge in [-0.25, -0.2) is 14.4 Å². The van der Waals surface area contributed by atoms with Crippen LogP contribution in [0, 0.1) is 5.82 Å². The average molecular weight is 771 g/mol. The lowest BCUT2D eigenvalue weighted by Gasteiger charge is -2.25. The number of imidazole rings is 1. The van der Waals surface area contributed by atoms with Crippen LogP contribution in [0.3, 0.4) is 0 Å². The summed E-state index contributed by atoms with van der Waals surface area (Å²) in [7, 11) is 5.83. The van der Waals surface area contributed by atoms with Gasteiger partial charge in [0, 0.05) is 75.0 Å². The van der Waals surface area contributed by atoms with E-state index in [4.69, 9.17) is 26.1 Å². The molecule has 55 heavy (non-hydrogen) atoms. The Hall–Kier alpha value is -5.03. The SMILES string of the molecule is C1COC1.C=Cc1cc(C=O)ccc1NC.C=N/C(=C\C=C/CC1=CCN(Cc2nc3cc(NC)ccc3n2C)CC1)OCc1ccc(Cl)cc1F.CCC. The van der Waals surface area contributed by atoms with Crippen molar-refractivity contribution in [2.75, 3.05) is 51.0 Å². The van der Waals surface area contributed by atoms with E-state index >= 15 is 0 Å². The lowest BCUT2D eigenvalue weighted by atomic mass is 10.0. The number of carbonyl (C=O) groups excluding carboxylic acids is 1. The highest BCUT2D eigenvalue weighted by Gasteiger charge is 2.15. The second kappa shape index (κ2) is 24.4. The summed E-state index contributed by atoms with van der Waals surface area (Å²) < 4.78 is 26.4. The van der Waals surface area contributed by atoms with Gasteiger partial charge >= 0.3 is 0 Å². The highest BCUT2D eigenvalue weighted by Crippen LogP contribution is 2.23. The number of ether oxygens (including phenoxy) is 2. The summed E-state index contributed by atoms with van der Waals surface area (Å²) in [6.07, 6.45) is 15.0. The van der Waals surface area contributed by atoms with Gasteiger partial charge < -0.3 is 24.7 Å². The van der Waals surface area contributed by atoms with Gasteiger partial charge in [-0.1, -0.05) is 74.4 Å². The molecule has 1 aromatic heterocycles. The fraction of sp³-hybridized carbons (Fsp3) is 0.341. The molecule has 3 aromatic carbocycles. The molecule has 3 heterocycles. The number of fused-ring (bicyclic) bond motifs is 1. The summed E-state index contributed by atoms with van der Waals surface area (Å²) in [5.74, 6) is 1.01. The number of benzene rings is 3. The zero-order chi connectivity index (χ0) is 40.0. The van der Waals surface area contributed by atoms with Crippen molar-refractivity contribution in [1.29, 1.82) is 0 Å². The summed E-state index contributed by atoms with van der Waals surface area (Å²) in [6, 6.07) is 16.2. The molecule has 294 valence electrons. The number of rotatable bonds is 13. The number of allylic oxidation sites excluding steroid dienone is 3. The highest BCUT2D eigenvalue weighted by molar-refractivity contribution is 6.30. The third-order valence-electron chi connectivity index (χ3n) is 8.59. The zero-order valence-electron chi connectivity index (χ0n) is 32.9. The van der Waals surface area contributed by atoms with E-state index in [-0.39, 0.29) is 6.61 Å². The van der Waals surface area contributed by atoms with E-state index in [0.29, 0.717) is 22.0 Å². The molecular weight excluding hydrogens is 715 g/mol. The van der Waals surface area contributed by atoms with E-state index < -0.39 is 5.82 Å². The van der Waals surface area contributed by atoms with Crippen LogP contribution in [0.5, 0.6) is 0 Å². The molecule has 0 bridgehead atoms. The van der Waals surface area contributed by atoms with Crippen LogP contribution in [0.1, 0.15) is 66.8 Å². The number of halogens is 2. The van der Waals surface area contributed by atoms with Crippen LogP contribution in [0.2, 0.25) is 5.02 Å². The van der Waals surface area contributed by atoms with Gasteiger partial charge in [0.2, 0.25) is 5.88 Å². The first-order valence-electron chi connectivity index (χ1n) is 18.6. The number of anilines is 2. The standard InChI is InChI=1S/C28H31ClFN5O.C10H11NO.C3H6O.C3H8/c1-31-23-10-11-26-25(17-23)33-27(34(26)3)18-35-14-12-20(13-15-35)6-4-5-7-28(32-2)36-19-21-8-9-22(29)16-24(21)30;1-3-9-6-8(7-12)4-5-10(9)11-2;1-2-4-3-1;1-3-2/h4-5,7-12,16-17,31H,2,6,13-15,18-19H2,1,3H3;3-7,11H,1H2,2H3;1-3H2;3H2,1-2H3/b5-4-,28-7+;;;. The van der Waals surface area contributed by atoms with Gasteiger partial charge in [-0.05, 0) is 86.2 Å². The van der Waals surface area contributed by atoms with E-state index in [1.807, 2.05) is 26.2 Å². The van der Waals surface area contributed by atoms with Crippen molar-refractivity contribution in [1.82, 2.24) is 14.5 Å². The molecule has 0 amide bonds. The van der Waals surface area contributed by atoms with Gasteiger partial charge in [-0.15, -0.1) is 0 Å². The molecule has 0 saturated carbocycles. The minimum Gasteiger partial charge on any atom is -0.473 e. The molecule has 2 N–H and O–H groups in total. The number of hydrogen-bond donors (Lipinski definition) is 2. The fourth-order valence-corrected chi connectivity index (χ4v) is 5.49. The molecule has 0 unspecified atom stereocenters. The Bertz CT molecular complexity index is 1930. The van der Waals surface area contributed by atoms with Gasteiger partial charge in [0.05, 0.1) is 17.6 Å². The average Bonchev–Trinajstić information content (AvgIpc) is 3.48. The first-order chi connectivity index (χ1) is 26.7. The van der Waals surface area contributed by atoms with E-state index in [0.717, 1.165) is 85.8 Å². The van der Waals surface area contributed by atoms with Crippen molar-refractivity contribution in [3.05, 3.63) is 130 Å². The topological polar surface area (TPSA) is 93.0 Å². The number of aldehydes is 1. The maximum Gasteiger partial charge on any atom is 0.212 e. The number of hydrogen-bond acceptors (Lipinski definition) is 8. The molecule has 0 aliphatic carbocycles. The molecule has 4 aromatic rings. The molecule has 0 spiro atoms. The molecule has 2 aliphatic rings. The van der Waals surface area contributed by atoms with Crippen LogP contribution < -0.4 is 10.6 Å². The summed E-state index contributed by atoms with van der Waals surface area (Å²) >= 11 is 5.79. The Balaban J connectivity index is 0.000000349. The van der Waals surface area contributed by atoms with Gasteiger partial charge in [-0.2, -0.15) is 0 Å². The first kappa shape index (κ1) is 44.4. The Morgan fingerprint density at radius 1 is 1.11 bits per heavy atom. The van der Waals surface area contributed by atoms with Crippen molar-refractivity contribution >= 4 is 53.1 Å². The molecule has 0 atom stereocenters. The fourth-order valence-electron chi connectivity index (χ4n) is 5.33. The van der Waals surface area contributed by atoms with Crippen LogP contribution in [0.15, 0.2) is 102 Å².